The third kappa shape index (κ3) is 4.73. The molecule has 1 N–H and O–H groups in total. The summed E-state index contributed by atoms with van der Waals surface area (Å²) in [7, 11) is -3.13. The van der Waals surface area contributed by atoms with Crippen molar-refractivity contribution in [2.24, 2.45) is 0 Å². The Labute approximate surface area is 163 Å². The van der Waals surface area contributed by atoms with Gasteiger partial charge < -0.3 is 14.7 Å². The molecule has 0 aromatic heterocycles. The molecule has 1 saturated heterocycles. The quantitative estimate of drug-likeness (QED) is 0.739. The summed E-state index contributed by atoms with van der Waals surface area (Å²) >= 11 is 5.74. The van der Waals surface area contributed by atoms with E-state index in [0.29, 0.717) is 6.42 Å². The highest BCUT2D eigenvalue weighted by Crippen LogP contribution is 2.29. The Morgan fingerprint density at radius 2 is 1.89 bits per heavy atom. The number of esters is 1. The third-order valence-corrected chi connectivity index (χ3v) is 7.10. The number of sulfone groups is 1. The Morgan fingerprint density at radius 1 is 1.19 bits per heavy atom. The molecular formula is C18H22ClNO6S. The van der Waals surface area contributed by atoms with Gasteiger partial charge in [0.05, 0.1) is 11.5 Å². The van der Waals surface area contributed by atoms with Crippen LogP contribution in [0.2, 0.25) is 5.02 Å². The molecule has 1 heterocycles. The molecule has 2 fully saturated rings. The van der Waals surface area contributed by atoms with Gasteiger partial charge in [-0.3, -0.25) is 4.79 Å². The first-order chi connectivity index (χ1) is 12.8. The molecule has 0 radical (unpaired) electrons. The number of amides is 1. The van der Waals surface area contributed by atoms with Gasteiger partial charge in [-0.2, -0.15) is 0 Å². The molecule has 3 rings (SSSR count). The van der Waals surface area contributed by atoms with Crippen molar-refractivity contribution in [3.05, 3.63) is 28.8 Å². The first-order valence-electron chi connectivity index (χ1n) is 8.94. The fourth-order valence-corrected chi connectivity index (χ4v) is 5.72. The van der Waals surface area contributed by atoms with E-state index in [9.17, 15) is 23.1 Å². The summed E-state index contributed by atoms with van der Waals surface area (Å²) in [6.07, 6.45) is 4.05. The van der Waals surface area contributed by atoms with Gasteiger partial charge in [0, 0.05) is 17.1 Å². The van der Waals surface area contributed by atoms with Crippen molar-refractivity contribution in [2.45, 2.75) is 44.2 Å². The second kappa shape index (κ2) is 8.06. The van der Waals surface area contributed by atoms with Gasteiger partial charge >= 0.3 is 5.97 Å². The smallest absolute Gasteiger partial charge is 0.342 e. The first kappa shape index (κ1) is 19.9. The van der Waals surface area contributed by atoms with E-state index in [2.05, 4.69) is 0 Å². The number of carbonyl (C=O) groups is 2. The van der Waals surface area contributed by atoms with Gasteiger partial charge in [-0.1, -0.05) is 24.4 Å². The van der Waals surface area contributed by atoms with Gasteiger partial charge in [-0.15, -0.1) is 0 Å². The zero-order valence-corrected chi connectivity index (χ0v) is 16.3. The van der Waals surface area contributed by atoms with Crippen molar-refractivity contribution < 1.29 is 27.9 Å². The fraction of sp³-hybridized carbons (Fsp3) is 0.556. The number of aromatic hydroxyl groups is 1. The highest BCUT2D eigenvalue weighted by molar-refractivity contribution is 7.91. The van der Waals surface area contributed by atoms with E-state index in [1.54, 1.807) is 4.90 Å². The Kier molecular flexibility index (Phi) is 5.95. The summed E-state index contributed by atoms with van der Waals surface area (Å²) in [4.78, 5) is 26.5. The van der Waals surface area contributed by atoms with E-state index in [1.165, 1.54) is 18.2 Å². The third-order valence-electron chi connectivity index (χ3n) is 5.11. The molecule has 0 unspecified atom stereocenters. The van der Waals surface area contributed by atoms with Crippen molar-refractivity contribution in [3.63, 3.8) is 0 Å². The number of hydrogen-bond acceptors (Lipinski definition) is 6. The largest absolute Gasteiger partial charge is 0.507 e. The Morgan fingerprint density at radius 3 is 2.48 bits per heavy atom. The average Bonchev–Trinajstić information content (AvgIpc) is 3.23. The highest BCUT2D eigenvalue weighted by Gasteiger charge is 2.39. The van der Waals surface area contributed by atoms with Crippen LogP contribution in [-0.2, 0) is 19.4 Å². The topological polar surface area (TPSA) is 101 Å². The second-order valence-electron chi connectivity index (χ2n) is 7.03. The monoisotopic (exact) mass is 415 g/mol. The van der Waals surface area contributed by atoms with Crippen LogP contribution in [0, 0.1) is 0 Å². The predicted molar refractivity (Wildman–Crippen MR) is 99.6 cm³/mol. The van der Waals surface area contributed by atoms with Gasteiger partial charge in [0.15, 0.2) is 16.4 Å². The number of ether oxygens (including phenoxy) is 1. The van der Waals surface area contributed by atoms with E-state index < -0.39 is 28.3 Å². The van der Waals surface area contributed by atoms with E-state index in [-0.39, 0.29) is 39.9 Å². The number of phenols is 1. The number of phenolic OH excluding ortho intramolecular Hbond substituents is 1. The SMILES string of the molecule is O=C(OCC(=O)N(C1CCCC1)[C@@H]1CCS(=O)(=O)C1)c1ccc(Cl)cc1O. The van der Waals surface area contributed by atoms with Crippen molar-refractivity contribution in [1.29, 1.82) is 0 Å². The highest BCUT2D eigenvalue weighted by atomic mass is 35.5. The lowest BCUT2D eigenvalue weighted by atomic mass is 10.1. The molecule has 0 spiro atoms. The normalized spacial score (nSPS) is 21.9. The summed E-state index contributed by atoms with van der Waals surface area (Å²) in [6, 6.07) is 3.59. The van der Waals surface area contributed by atoms with Gasteiger partial charge in [-0.25, -0.2) is 13.2 Å². The summed E-state index contributed by atoms with van der Waals surface area (Å²) < 4.78 is 28.8. The average molecular weight is 416 g/mol. The van der Waals surface area contributed by atoms with Crippen LogP contribution in [0.25, 0.3) is 0 Å². The summed E-state index contributed by atoms with van der Waals surface area (Å²) in [5.74, 6) is -1.52. The number of hydrogen-bond donors (Lipinski definition) is 1. The molecule has 1 aliphatic heterocycles. The van der Waals surface area contributed by atoms with E-state index in [4.69, 9.17) is 16.3 Å². The molecule has 0 bridgehead atoms. The molecule has 7 nitrogen and oxygen atoms in total. The minimum absolute atomic E-state index is 0.0153. The van der Waals surface area contributed by atoms with Crippen molar-refractivity contribution in [2.75, 3.05) is 18.1 Å². The van der Waals surface area contributed by atoms with Gasteiger partial charge in [0.1, 0.15) is 11.3 Å². The molecule has 1 aliphatic carbocycles. The van der Waals surface area contributed by atoms with Crippen molar-refractivity contribution >= 4 is 33.3 Å². The van der Waals surface area contributed by atoms with Crippen LogP contribution in [0.3, 0.4) is 0 Å². The van der Waals surface area contributed by atoms with Gasteiger partial charge in [0.2, 0.25) is 0 Å². The molecule has 1 atom stereocenters. The number of halogens is 1. The number of carbonyl (C=O) groups excluding carboxylic acids is 2. The van der Waals surface area contributed by atoms with Crippen LogP contribution in [0.1, 0.15) is 42.5 Å². The van der Waals surface area contributed by atoms with Crippen molar-refractivity contribution in [3.8, 4) is 5.75 Å². The Bertz CT molecular complexity index is 834. The van der Waals surface area contributed by atoms with Gasteiger partial charge in [0.25, 0.3) is 5.91 Å². The van der Waals surface area contributed by atoms with Crippen molar-refractivity contribution in [1.82, 2.24) is 4.90 Å². The van der Waals surface area contributed by atoms with Crippen LogP contribution in [0.4, 0.5) is 0 Å². The second-order valence-corrected chi connectivity index (χ2v) is 9.70. The molecule has 9 heteroatoms. The zero-order valence-electron chi connectivity index (χ0n) is 14.8. The molecule has 27 heavy (non-hydrogen) atoms. The van der Waals surface area contributed by atoms with Crippen LogP contribution in [-0.4, -0.2) is 60.5 Å². The van der Waals surface area contributed by atoms with Gasteiger partial charge in [-0.05, 0) is 37.5 Å². The Balaban J connectivity index is 1.68. The predicted octanol–water partition coefficient (Wildman–Crippen LogP) is 2.16. The summed E-state index contributed by atoms with van der Waals surface area (Å²) in [5, 5.41) is 10.1. The van der Waals surface area contributed by atoms with Crippen LogP contribution >= 0.6 is 11.6 Å². The standard InChI is InChI=1S/C18H22ClNO6S/c19-12-5-6-15(16(21)9-12)18(23)26-10-17(22)20(13-3-1-2-4-13)14-7-8-27(24,25)11-14/h5-6,9,13-14,21H,1-4,7-8,10-11H2/t14-/m1/s1. The van der Waals surface area contributed by atoms with Crippen LogP contribution in [0.5, 0.6) is 5.75 Å². The number of rotatable bonds is 5. The van der Waals surface area contributed by atoms with Crippen LogP contribution in [0.15, 0.2) is 18.2 Å². The molecule has 2 aliphatic rings. The maximum absolute atomic E-state index is 12.8. The Hall–Kier alpha value is -1.80. The molecule has 1 saturated carbocycles. The number of benzene rings is 1. The minimum Gasteiger partial charge on any atom is -0.507 e. The summed E-state index contributed by atoms with van der Waals surface area (Å²) in [6.45, 7) is -0.492. The maximum atomic E-state index is 12.8. The summed E-state index contributed by atoms with van der Waals surface area (Å²) in [5.41, 5.74) is -0.0805. The number of nitrogens with zero attached hydrogens (tertiary/aromatic N) is 1. The van der Waals surface area contributed by atoms with Crippen LogP contribution < -0.4 is 0 Å². The lowest BCUT2D eigenvalue weighted by Gasteiger charge is -2.33. The fourth-order valence-electron chi connectivity index (χ4n) is 3.84. The lowest BCUT2D eigenvalue weighted by Crippen LogP contribution is -2.48. The first-order valence-corrected chi connectivity index (χ1v) is 11.1. The molecule has 148 valence electrons. The lowest BCUT2D eigenvalue weighted by molar-refractivity contribution is -0.139. The molecule has 1 amide bonds. The molecule has 1 aromatic carbocycles. The minimum atomic E-state index is -3.13. The van der Waals surface area contributed by atoms with E-state index >= 15 is 0 Å². The van der Waals surface area contributed by atoms with E-state index in [1.807, 2.05) is 0 Å². The molecule has 1 aromatic rings. The molecular weight excluding hydrogens is 394 g/mol. The zero-order chi connectivity index (χ0) is 19.6. The van der Waals surface area contributed by atoms with E-state index in [0.717, 1.165) is 25.7 Å². The maximum Gasteiger partial charge on any atom is 0.342 e.